The number of methoxy groups -OCH3 is 1. The summed E-state index contributed by atoms with van der Waals surface area (Å²) in [5, 5.41) is 23.6. The fourth-order valence-corrected chi connectivity index (χ4v) is 4.05. The van der Waals surface area contributed by atoms with E-state index in [0.29, 0.717) is 26.9 Å². The molecule has 1 amide bonds. The van der Waals surface area contributed by atoms with Crippen LogP contribution in [0.4, 0.5) is 11.4 Å². The van der Waals surface area contributed by atoms with Gasteiger partial charge >= 0.3 is 0 Å². The first-order valence-electron chi connectivity index (χ1n) is 9.95. The second-order valence-corrected chi connectivity index (χ2v) is 8.73. The van der Waals surface area contributed by atoms with Gasteiger partial charge in [-0.2, -0.15) is 5.26 Å². The van der Waals surface area contributed by atoms with Crippen LogP contribution in [0.5, 0.6) is 11.5 Å². The normalized spacial score (nSPS) is 10.9. The molecule has 0 saturated carbocycles. The van der Waals surface area contributed by atoms with Crippen molar-refractivity contribution in [1.82, 2.24) is 0 Å². The summed E-state index contributed by atoms with van der Waals surface area (Å²) >= 11 is 24.3. The molecule has 0 unspecified atom stereocenters. The summed E-state index contributed by atoms with van der Waals surface area (Å²) in [7, 11) is 1.45. The molecule has 12 heteroatoms. The minimum Gasteiger partial charge on any atom is -0.493 e. The van der Waals surface area contributed by atoms with Gasteiger partial charge in [0.1, 0.15) is 18.2 Å². The van der Waals surface area contributed by atoms with Crippen molar-refractivity contribution in [2.24, 2.45) is 0 Å². The number of nitriles is 1. The first-order valence-corrected chi connectivity index (χ1v) is 11.5. The summed E-state index contributed by atoms with van der Waals surface area (Å²) in [6.07, 6.45) is 1.30. The largest absolute Gasteiger partial charge is 0.493 e. The number of para-hydroxylation sites is 1. The first kappa shape index (κ1) is 27.1. The Labute approximate surface area is 225 Å². The highest BCUT2D eigenvalue weighted by Crippen LogP contribution is 2.36. The predicted molar refractivity (Wildman–Crippen MR) is 139 cm³/mol. The van der Waals surface area contributed by atoms with E-state index in [1.807, 2.05) is 6.07 Å². The molecule has 184 valence electrons. The average molecular weight is 567 g/mol. The van der Waals surface area contributed by atoms with Crippen LogP contribution in [0.25, 0.3) is 6.08 Å². The number of rotatable bonds is 8. The Morgan fingerprint density at radius 2 is 1.81 bits per heavy atom. The topological polar surface area (TPSA) is 114 Å². The quantitative estimate of drug-likeness (QED) is 0.132. The van der Waals surface area contributed by atoms with Crippen molar-refractivity contribution >= 4 is 69.8 Å². The summed E-state index contributed by atoms with van der Waals surface area (Å²) in [6, 6.07) is 13.8. The number of anilines is 1. The molecule has 0 fully saturated rings. The molecule has 0 saturated heterocycles. The minimum absolute atomic E-state index is 0.0549. The second kappa shape index (κ2) is 12.0. The Bertz CT molecular complexity index is 1400. The number of hydrogen-bond acceptors (Lipinski definition) is 6. The predicted octanol–water partition coefficient (Wildman–Crippen LogP) is 7.34. The number of ether oxygens (including phenoxy) is 2. The van der Waals surface area contributed by atoms with E-state index in [9.17, 15) is 20.2 Å². The van der Waals surface area contributed by atoms with E-state index in [2.05, 4.69) is 5.32 Å². The van der Waals surface area contributed by atoms with Crippen molar-refractivity contribution in [3.05, 3.63) is 95.4 Å². The standard InChI is InChI=1S/C24H15Cl4N3O5/c1-35-21-4-2-3-13(23(21)36-12-14-5-6-16(25)8-18(14)26)7-15(11-29)24(32)30-22-19(27)9-17(31(33)34)10-20(22)28/h2-10H,12H2,1H3,(H,30,32)/b15-7+. The van der Waals surface area contributed by atoms with E-state index in [0.717, 1.165) is 12.1 Å². The Morgan fingerprint density at radius 3 is 2.39 bits per heavy atom. The van der Waals surface area contributed by atoms with Gasteiger partial charge in [0.25, 0.3) is 11.6 Å². The zero-order valence-electron chi connectivity index (χ0n) is 18.4. The molecule has 0 aliphatic rings. The van der Waals surface area contributed by atoms with Crippen LogP contribution in [0.3, 0.4) is 0 Å². The summed E-state index contributed by atoms with van der Waals surface area (Å²) in [5.41, 5.74) is 0.283. The van der Waals surface area contributed by atoms with E-state index in [-0.39, 0.29) is 39.3 Å². The third-order valence-corrected chi connectivity index (χ3v) is 5.94. The number of nitrogens with zero attached hydrogens (tertiary/aromatic N) is 2. The monoisotopic (exact) mass is 565 g/mol. The lowest BCUT2D eigenvalue weighted by Gasteiger charge is -2.15. The number of nitrogens with one attached hydrogen (secondary N) is 1. The van der Waals surface area contributed by atoms with E-state index >= 15 is 0 Å². The maximum atomic E-state index is 12.8. The number of nitro groups is 1. The van der Waals surface area contributed by atoms with Crippen molar-refractivity contribution in [3.8, 4) is 17.6 Å². The van der Waals surface area contributed by atoms with E-state index < -0.39 is 10.8 Å². The third kappa shape index (κ3) is 6.39. The van der Waals surface area contributed by atoms with Crippen molar-refractivity contribution in [2.75, 3.05) is 12.4 Å². The number of carbonyl (C=O) groups excluding carboxylic acids is 1. The summed E-state index contributed by atoms with van der Waals surface area (Å²) in [6.45, 7) is 0.0549. The van der Waals surface area contributed by atoms with Crippen molar-refractivity contribution in [2.45, 2.75) is 6.61 Å². The molecule has 0 atom stereocenters. The second-order valence-electron chi connectivity index (χ2n) is 7.07. The number of halogens is 4. The van der Waals surface area contributed by atoms with Crippen molar-refractivity contribution in [1.29, 1.82) is 5.26 Å². The van der Waals surface area contributed by atoms with Gasteiger partial charge in [-0.25, -0.2) is 0 Å². The Hall–Kier alpha value is -3.48. The van der Waals surface area contributed by atoms with Gasteiger partial charge in [0, 0.05) is 33.3 Å². The number of carbonyl (C=O) groups is 1. The van der Waals surface area contributed by atoms with Crippen molar-refractivity contribution in [3.63, 3.8) is 0 Å². The fraction of sp³-hybridized carbons (Fsp3) is 0.0833. The minimum atomic E-state index is -0.843. The molecule has 3 rings (SSSR count). The van der Waals surface area contributed by atoms with Crippen LogP contribution in [0.15, 0.2) is 54.1 Å². The maximum absolute atomic E-state index is 12.8. The van der Waals surface area contributed by atoms with Crippen LogP contribution >= 0.6 is 46.4 Å². The zero-order valence-corrected chi connectivity index (χ0v) is 21.4. The highest BCUT2D eigenvalue weighted by molar-refractivity contribution is 6.40. The van der Waals surface area contributed by atoms with Gasteiger partial charge in [-0.15, -0.1) is 0 Å². The molecular weight excluding hydrogens is 552 g/mol. The average Bonchev–Trinajstić information content (AvgIpc) is 2.84. The number of hydrogen-bond donors (Lipinski definition) is 1. The highest BCUT2D eigenvalue weighted by Gasteiger charge is 2.19. The Morgan fingerprint density at radius 1 is 1.11 bits per heavy atom. The van der Waals surface area contributed by atoms with Crippen molar-refractivity contribution < 1.29 is 19.2 Å². The molecule has 0 bridgehead atoms. The summed E-state index contributed by atoms with van der Waals surface area (Å²) in [5.74, 6) is -0.226. The number of benzene rings is 3. The first-order chi connectivity index (χ1) is 17.1. The van der Waals surface area contributed by atoms with Crippen LogP contribution in [-0.2, 0) is 11.4 Å². The van der Waals surface area contributed by atoms with Gasteiger partial charge in [0.15, 0.2) is 11.5 Å². The molecule has 8 nitrogen and oxygen atoms in total. The molecule has 0 spiro atoms. The van der Waals surface area contributed by atoms with Gasteiger partial charge in [-0.3, -0.25) is 14.9 Å². The van der Waals surface area contributed by atoms with Crippen LogP contribution in [0.1, 0.15) is 11.1 Å². The van der Waals surface area contributed by atoms with Gasteiger partial charge in [0.2, 0.25) is 0 Å². The molecule has 3 aromatic carbocycles. The lowest BCUT2D eigenvalue weighted by Crippen LogP contribution is -2.14. The van der Waals surface area contributed by atoms with E-state index in [1.165, 1.54) is 13.2 Å². The molecule has 0 radical (unpaired) electrons. The maximum Gasteiger partial charge on any atom is 0.272 e. The number of non-ortho nitro benzene ring substituents is 1. The summed E-state index contributed by atoms with van der Waals surface area (Å²) in [4.78, 5) is 23.1. The highest BCUT2D eigenvalue weighted by atomic mass is 35.5. The fourth-order valence-electron chi connectivity index (χ4n) is 3.02. The van der Waals surface area contributed by atoms with E-state index in [4.69, 9.17) is 55.9 Å². The SMILES string of the molecule is COc1cccc(/C=C(\C#N)C(=O)Nc2c(Cl)cc([N+](=O)[O-])cc2Cl)c1OCc1ccc(Cl)cc1Cl. The van der Waals surface area contributed by atoms with Crippen LogP contribution in [0.2, 0.25) is 20.1 Å². The molecule has 3 aromatic rings. The van der Waals surface area contributed by atoms with Gasteiger partial charge in [-0.05, 0) is 24.3 Å². The van der Waals surface area contributed by atoms with Gasteiger partial charge < -0.3 is 14.8 Å². The molecule has 0 aliphatic carbocycles. The lowest BCUT2D eigenvalue weighted by atomic mass is 10.1. The number of nitro benzene ring substituents is 1. The smallest absolute Gasteiger partial charge is 0.272 e. The summed E-state index contributed by atoms with van der Waals surface area (Å²) < 4.78 is 11.3. The molecule has 0 heterocycles. The van der Waals surface area contributed by atoms with Gasteiger partial charge in [0.05, 0.1) is 27.8 Å². The van der Waals surface area contributed by atoms with Crippen LogP contribution in [-0.4, -0.2) is 17.9 Å². The van der Waals surface area contributed by atoms with Gasteiger partial charge in [-0.1, -0.05) is 64.6 Å². The zero-order chi connectivity index (χ0) is 26.4. The third-order valence-electron chi connectivity index (χ3n) is 4.76. The molecule has 0 aromatic heterocycles. The Kier molecular flexibility index (Phi) is 9.02. The molecular formula is C24H15Cl4N3O5. The van der Waals surface area contributed by atoms with Crippen LogP contribution in [0, 0.1) is 21.4 Å². The molecule has 1 N–H and O–H groups in total. The Balaban J connectivity index is 1.92. The molecule has 36 heavy (non-hydrogen) atoms. The van der Waals surface area contributed by atoms with Crippen LogP contribution < -0.4 is 14.8 Å². The molecule has 0 aliphatic heterocycles. The number of amides is 1. The lowest BCUT2D eigenvalue weighted by molar-refractivity contribution is -0.384. The van der Waals surface area contributed by atoms with E-state index in [1.54, 1.807) is 36.4 Å².